The van der Waals surface area contributed by atoms with Crippen molar-refractivity contribution in [3.63, 3.8) is 0 Å². The molecule has 0 N–H and O–H groups in total. The number of carbonyl (C=O) groups is 1. The Bertz CT molecular complexity index is 500. The predicted molar refractivity (Wildman–Crippen MR) is 78.7 cm³/mol. The monoisotopic (exact) mass is 254 g/mol. The highest BCUT2D eigenvalue weighted by molar-refractivity contribution is 5.86. The molecule has 0 heterocycles. The Kier molecular flexibility index (Phi) is 3.30. The van der Waals surface area contributed by atoms with Gasteiger partial charge in [0.25, 0.3) is 0 Å². The Morgan fingerprint density at radius 1 is 1.21 bits per heavy atom. The molecule has 0 spiro atoms. The molecule has 0 aliphatic heterocycles. The van der Waals surface area contributed by atoms with Gasteiger partial charge in [0.1, 0.15) is 5.78 Å². The van der Waals surface area contributed by atoms with Crippen LogP contribution in [0.5, 0.6) is 0 Å². The van der Waals surface area contributed by atoms with Crippen LogP contribution in [-0.4, -0.2) is 5.78 Å². The molecule has 2 fully saturated rings. The second kappa shape index (κ2) is 4.96. The van der Waals surface area contributed by atoms with Crippen LogP contribution in [0.2, 0.25) is 0 Å². The van der Waals surface area contributed by atoms with E-state index in [1.165, 1.54) is 24.0 Å². The van der Waals surface area contributed by atoms with Gasteiger partial charge in [0.15, 0.2) is 0 Å². The van der Waals surface area contributed by atoms with Crippen LogP contribution in [-0.2, 0) is 4.79 Å². The first-order chi connectivity index (χ1) is 9.18. The number of ketones is 1. The third-order valence-electron chi connectivity index (χ3n) is 5.02. The van der Waals surface area contributed by atoms with Gasteiger partial charge < -0.3 is 0 Å². The largest absolute Gasteiger partial charge is 0.299 e. The topological polar surface area (TPSA) is 17.1 Å². The number of fused-ring (bicyclic) bond motifs is 1. The lowest BCUT2D eigenvalue weighted by Crippen LogP contribution is -2.29. The molecule has 2 saturated carbocycles. The van der Waals surface area contributed by atoms with E-state index in [0.29, 0.717) is 11.7 Å². The molecule has 2 aliphatic carbocycles. The normalized spacial score (nSPS) is 33.2. The first-order valence-electron chi connectivity index (χ1n) is 7.46. The highest BCUT2D eigenvalue weighted by atomic mass is 16.1. The molecule has 0 bridgehead atoms. The second-order valence-corrected chi connectivity index (χ2v) is 6.38. The zero-order chi connectivity index (χ0) is 13.3. The maximum atomic E-state index is 12.4. The van der Waals surface area contributed by atoms with Crippen molar-refractivity contribution < 1.29 is 4.79 Å². The fraction of sp³-hybridized carbons (Fsp3) is 0.500. The van der Waals surface area contributed by atoms with Crippen LogP contribution < -0.4 is 0 Å². The fourth-order valence-electron chi connectivity index (χ4n) is 3.83. The molecular formula is C18H22O. The summed E-state index contributed by atoms with van der Waals surface area (Å²) in [6.07, 6.45) is 8.75. The van der Waals surface area contributed by atoms with Crippen molar-refractivity contribution in [2.24, 2.45) is 11.3 Å². The summed E-state index contributed by atoms with van der Waals surface area (Å²) in [7, 11) is 0. The van der Waals surface area contributed by atoms with Crippen LogP contribution >= 0.6 is 0 Å². The Morgan fingerprint density at radius 2 is 2.00 bits per heavy atom. The summed E-state index contributed by atoms with van der Waals surface area (Å²) in [5, 5.41) is 0. The third-order valence-corrected chi connectivity index (χ3v) is 5.02. The van der Waals surface area contributed by atoms with E-state index in [4.69, 9.17) is 0 Å². The zero-order valence-corrected chi connectivity index (χ0v) is 11.7. The minimum absolute atomic E-state index is 0.0723. The Labute approximate surface area is 115 Å². The fourth-order valence-corrected chi connectivity index (χ4v) is 3.83. The van der Waals surface area contributed by atoms with Crippen LogP contribution in [0, 0.1) is 11.3 Å². The SMILES string of the molecule is C[C@]12C/C(=C/c3ccccc3)C[C@H]1CCCCC2=O. The predicted octanol–water partition coefficient (Wildman–Crippen LogP) is 4.63. The highest BCUT2D eigenvalue weighted by Gasteiger charge is 2.46. The molecule has 19 heavy (non-hydrogen) atoms. The van der Waals surface area contributed by atoms with Gasteiger partial charge in [-0.15, -0.1) is 0 Å². The summed E-state index contributed by atoms with van der Waals surface area (Å²) in [6, 6.07) is 10.5. The lowest BCUT2D eigenvalue weighted by Gasteiger charge is -2.27. The van der Waals surface area contributed by atoms with Gasteiger partial charge >= 0.3 is 0 Å². The van der Waals surface area contributed by atoms with Crippen molar-refractivity contribution in [1.29, 1.82) is 0 Å². The van der Waals surface area contributed by atoms with Gasteiger partial charge in [0, 0.05) is 11.8 Å². The van der Waals surface area contributed by atoms with Gasteiger partial charge in [-0.3, -0.25) is 4.79 Å². The first kappa shape index (κ1) is 12.7. The molecular weight excluding hydrogens is 232 g/mol. The Balaban J connectivity index is 1.86. The van der Waals surface area contributed by atoms with Gasteiger partial charge in [0.05, 0.1) is 0 Å². The second-order valence-electron chi connectivity index (χ2n) is 6.38. The average Bonchev–Trinajstić information content (AvgIpc) is 2.66. The minimum atomic E-state index is -0.0723. The van der Waals surface area contributed by atoms with Crippen LogP contribution in [0.4, 0.5) is 0 Å². The number of benzene rings is 1. The first-order valence-corrected chi connectivity index (χ1v) is 7.46. The summed E-state index contributed by atoms with van der Waals surface area (Å²) >= 11 is 0. The van der Waals surface area contributed by atoms with Gasteiger partial charge in [0.2, 0.25) is 0 Å². The lowest BCUT2D eigenvalue weighted by atomic mass is 9.75. The summed E-state index contributed by atoms with van der Waals surface area (Å²) in [6.45, 7) is 2.21. The van der Waals surface area contributed by atoms with Crippen LogP contribution in [0.3, 0.4) is 0 Å². The summed E-state index contributed by atoms with van der Waals surface area (Å²) < 4.78 is 0. The number of rotatable bonds is 1. The molecule has 1 nitrogen and oxygen atoms in total. The summed E-state index contributed by atoms with van der Waals surface area (Å²) in [4.78, 5) is 12.4. The van der Waals surface area contributed by atoms with Crippen LogP contribution in [0.15, 0.2) is 35.9 Å². The van der Waals surface area contributed by atoms with E-state index in [1.54, 1.807) is 0 Å². The van der Waals surface area contributed by atoms with E-state index in [1.807, 2.05) is 6.07 Å². The molecule has 3 rings (SSSR count). The van der Waals surface area contributed by atoms with Crippen molar-refractivity contribution >= 4 is 11.9 Å². The standard InChI is InChI=1S/C18H22O/c1-18-13-15(11-14-7-3-2-4-8-14)12-16(18)9-5-6-10-17(18)19/h2-4,7-8,11,16H,5-6,9-10,12-13H2,1H3/b15-11+/t16-,18+/m1/s1. The number of hydrogen-bond donors (Lipinski definition) is 0. The average molecular weight is 254 g/mol. The van der Waals surface area contributed by atoms with Crippen molar-refractivity contribution in [1.82, 2.24) is 0 Å². The number of carbonyl (C=O) groups excluding carboxylic acids is 1. The van der Waals surface area contributed by atoms with Crippen LogP contribution in [0.1, 0.15) is 51.0 Å². The van der Waals surface area contributed by atoms with Gasteiger partial charge in [-0.2, -0.15) is 0 Å². The molecule has 0 amide bonds. The Hall–Kier alpha value is -1.37. The lowest BCUT2D eigenvalue weighted by molar-refractivity contribution is -0.129. The summed E-state index contributed by atoms with van der Waals surface area (Å²) in [5.74, 6) is 1.09. The highest BCUT2D eigenvalue weighted by Crippen LogP contribution is 2.51. The van der Waals surface area contributed by atoms with Gasteiger partial charge in [-0.05, 0) is 37.2 Å². The quantitative estimate of drug-likeness (QED) is 0.714. The van der Waals surface area contributed by atoms with Crippen molar-refractivity contribution in [3.8, 4) is 0 Å². The summed E-state index contributed by atoms with van der Waals surface area (Å²) in [5.41, 5.74) is 2.66. The molecule has 0 unspecified atom stereocenters. The maximum Gasteiger partial charge on any atom is 0.139 e. The third kappa shape index (κ3) is 2.39. The van der Waals surface area contributed by atoms with Crippen LogP contribution in [0.25, 0.3) is 6.08 Å². The smallest absolute Gasteiger partial charge is 0.139 e. The molecule has 2 aliphatic rings. The molecule has 0 radical (unpaired) electrons. The molecule has 0 saturated heterocycles. The molecule has 100 valence electrons. The van der Waals surface area contributed by atoms with E-state index in [-0.39, 0.29) is 5.41 Å². The van der Waals surface area contributed by atoms with E-state index in [0.717, 1.165) is 25.7 Å². The molecule has 0 aromatic heterocycles. The molecule has 1 aromatic carbocycles. The Morgan fingerprint density at radius 3 is 2.79 bits per heavy atom. The van der Waals surface area contributed by atoms with E-state index in [9.17, 15) is 4.79 Å². The molecule has 1 heteroatoms. The molecule has 1 aromatic rings. The minimum Gasteiger partial charge on any atom is -0.299 e. The van der Waals surface area contributed by atoms with Crippen molar-refractivity contribution in [3.05, 3.63) is 41.5 Å². The van der Waals surface area contributed by atoms with E-state index >= 15 is 0 Å². The van der Waals surface area contributed by atoms with Gasteiger partial charge in [-0.25, -0.2) is 0 Å². The number of hydrogen-bond acceptors (Lipinski definition) is 1. The van der Waals surface area contributed by atoms with Crippen molar-refractivity contribution in [2.45, 2.75) is 45.4 Å². The van der Waals surface area contributed by atoms with E-state index < -0.39 is 0 Å². The molecule has 2 atom stereocenters. The zero-order valence-electron chi connectivity index (χ0n) is 11.7. The van der Waals surface area contributed by atoms with Crippen molar-refractivity contribution in [2.75, 3.05) is 0 Å². The van der Waals surface area contributed by atoms with Gasteiger partial charge in [-0.1, -0.05) is 55.3 Å². The number of allylic oxidation sites excluding steroid dienone is 1. The maximum absolute atomic E-state index is 12.4. The van der Waals surface area contributed by atoms with E-state index in [2.05, 4.69) is 37.3 Å². The number of Topliss-reactive ketones (excluding diaryl/α,β-unsaturated/α-hetero) is 1.